The fourth-order valence-electron chi connectivity index (χ4n) is 1.92. The highest BCUT2D eigenvalue weighted by Gasteiger charge is 2.13. The molecule has 0 spiro atoms. The van der Waals surface area contributed by atoms with E-state index < -0.39 is 5.82 Å². The number of hydrogen-bond acceptors (Lipinski definition) is 2. The number of anilines is 1. The van der Waals surface area contributed by atoms with Crippen LogP contribution in [0.15, 0.2) is 48.5 Å². The number of halogens is 1. The maximum absolute atomic E-state index is 13.4. The predicted molar refractivity (Wildman–Crippen MR) is 77.9 cm³/mol. The maximum atomic E-state index is 13.4. The van der Waals surface area contributed by atoms with Crippen LogP contribution in [0.5, 0.6) is 0 Å². The van der Waals surface area contributed by atoms with Gasteiger partial charge >= 0.3 is 0 Å². The van der Waals surface area contributed by atoms with Crippen molar-refractivity contribution in [1.29, 1.82) is 0 Å². The molecule has 0 aliphatic rings. The standard InChI is InChI=1S/C16H17FN2O/c1-19(10-9-12-5-3-2-4-6-12)16(20)13-7-8-15(18)14(17)11-13/h2-8,11H,9-10,18H2,1H3. The second kappa shape index (κ2) is 6.19. The number of benzene rings is 2. The monoisotopic (exact) mass is 272 g/mol. The Labute approximate surface area is 117 Å². The van der Waals surface area contributed by atoms with Crippen molar-refractivity contribution in [2.45, 2.75) is 6.42 Å². The molecule has 3 nitrogen and oxygen atoms in total. The highest BCUT2D eigenvalue weighted by atomic mass is 19.1. The van der Waals surface area contributed by atoms with Crippen LogP contribution < -0.4 is 5.73 Å². The Balaban J connectivity index is 1.99. The van der Waals surface area contributed by atoms with Gasteiger partial charge in [0.05, 0.1) is 5.69 Å². The average molecular weight is 272 g/mol. The topological polar surface area (TPSA) is 46.3 Å². The van der Waals surface area contributed by atoms with Gasteiger partial charge in [0.25, 0.3) is 5.91 Å². The van der Waals surface area contributed by atoms with Crippen LogP contribution in [0.3, 0.4) is 0 Å². The van der Waals surface area contributed by atoms with Crippen LogP contribution in [0.25, 0.3) is 0 Å². The average Bonchev–Trinajstić information content (AvgIpc) is 2.48. The summed E-state index contributed by atoms with van der Waals surface area (Å²) in [5, 5.41) is 0. The molecule has 0 aliphatic heterocycles. The minimum absolute atomic E-state index is 0.0495. The number of nitrogens with two attached hydrogens (primary N) is 1. The van der Waals surface area contributed by atoms with Crippen LogP contribution in [0.2, 0.25) is 0 Å². The van der Waals surface area contributed by atoms with Gasteiger partial charge < -0.3 is 10.6 Å². The predicted octanol–water partition coefficient (Wildman–Crippen LogP) is 2.72. The molecule has 0 unspecified atom stereocenters. The Morgan fingerprint density at radius 1 is 1.20 bits per heavy atom. The van der Waals surface area contributed by atoms with E-state index >= 15 is 0 Å². The number of nitrogen functional groups attached to an aromatic ring is 1. The zero-order valence-electron chi connectivity index (χ0n) is 11.3. The molecule has 0 radical (unpaired) electrons. The van der Waals surface area contributed by atoms with Crippen molar-refractivity contribution in [3.63, 3.8) is 0 Å². The minimum atomic E-state index is -0.563. The number of amides is 1. The summed E-state index contributed by atoms with van der Waals surface area (Å²) in [6.07, 6.45) is 0.764. The fourth-order valence-corrected chi connectivity index (χ4v) is 1.92. The molecule has 2 rings (SSSR count). The van der Waals surface area contributed by atoms with Crippen LogP contribution in [-0.2, 0) is 6.42 Å². The summed E-state index contributed by atoms with van der Waals surface area (Å²) in [5.74, 6) is -0.771. The van der Waals surface area contributed by atoms with Crippen LogP contribution >= 0.6 is 0 Å². The highest BCUT2D eigenvalue weighted by molar-refractivity contribution is 5.94. The molecule has 20 heavy (non-hydrogen) atoms. The Kier molecular flexibility index (Phi) is 4.35. The maximum Gasteiger partial charge on any atom is 0.253 e. The molecule has 2 aromatic rings. The third-order valence-electron chi connectivity index (χ3n) is 3.17. The molecule has 0 heterocycles. The first-order valence-electron chi connectivity index (χ1n) is 6.42. The first-order valence-corrected chi connectivity index (χ1v) is 6.42. The second-order valence-corrected chi connectivity index (χ2v) is 4.70. The van der Waals surface area contributed by atoms with Gasteiger partial charge in [0.1, 0.15) is 5.82 Å². The quantitative estimate of drug-likeness (QED) is 0.870. The zero-order valence-corrected chi connectivity index (χ0v) is 11.3. The van der Waals surface area contributed by atoms with E-state index in [4.69, 9.17) is 5.73 Å². The normalized spacial score (nSPS) is 10.3. The second-order valence-electron chi connectivity index (χ2n) is 4.70. The molecule has 0 fully saturated rings. The van der Waals surface area contributed by atoms with Crippen LogP contribution in [0, 0.1) is 5.82 Å². The van der Waals surface area contributed by atoms with Crippen LogP contribution in [0.4, 0.5) is 10.1 Å². The Morgan fingerprint density at radius 3 is 2.55 bits per heavy atom. The van der Waals surface area contributed by atoms with Gasteiger partial charge in [0.2, 0.25) is 0 Å². The number of nitrogens with zero attached hydrogens (tertiary/aromatic N) is 1. The van der Waals surface area contributed by atoms with Gasteiger partial charge in [-0.05, 0) is 30.2 Å². The number of hydrogen-bond donors (Lipinski definition) is 1. The van der Waals surface area contributed by atoms with E-state index in [0.717, 1.165) is 12.0 Å². The molecule has 1 amide bonds. The van der Waals surface area contributed by atoms with Gasteiger partial charge in [-0.1, -0.05) is 30.3 Å². The van der Waals surface area contributed by atoms with Gasteiger partial charge in [-0.25, -0.2) is 4.39 Å². The SMILES string of the molecule is CN(CCc1ccccc1)C(=O)c1ccc(N)c(F)c1. The lowest BCUT2D eigenvalue weighted by Gasteiger charge is -2.17. The Bertz CT molecular complexity index is 599. The zero-order chi connectivity index (χ0) is 14.5. The summed E-state index contributed by atoms with van der Waals surface area (Å²) in [6, 6.07) is 14.0. The van der Waals surface area contributed by atoms with Crippen molar-refractivity contribution >= 4 is 11.6 Å². The number of carbonyl (C=O) groups is 1. The summed E-state index contributed by atoms with van der Waals surface area (Å²) >= 11 is 0. The van der Waals surface area contributed by atoms with E-state index in [1.54, 1.807) is 18.0 Å². The first kappa shape index (κ1) is 14.1. The van der Waals surface area contributed by atoms with Crippen molar-refractivity contribution in [3.8, 4) is 0 Å². The van der Waals surface area contributed by atoms with Gasteiger partial charge in [-0.3, -0.25) is 4.79 Å². The third-order valence-corrected chi connectivity index (χ3v) is 3.17. The van der Waals surface area contributed by atoms with Crippen molar-refractivity contribution < 1.29 is 9.18 Å². The summed E-state index contributed by atoms with van der Waals surface area (Å²) in [6.45, 7) is 0.578. The fraction of sp³-hybridized carbons (Fsp3) is 0.188. The molecular formula is C16H17FN2O. The molecule has 0 saturated heterocycles. The van der Waals surface area contributed by atoms with Gasteiger partial charge in [-0.2, -0.15) is 0 Å². The van der Waals surface area contributed by atoms with Crippen molar-refractivity contribution in [2.75, 3.05) is 19.3 Å². The van der Waals surface area contributed by atoms with E-state index in [1.807, 2.05) is 30.3 Å². The van der Waals surface area contributed by atoms with Crippen molar-refractivity contribution in [2.24, 2.45) is 0 Å². The number of rotatable bonds is 4. The Morgan fingerprint density at radius 2 is 1.90 bits per heavy atom. The number of likely N-dealkylation sites (N-methyl/N-ethyl adjacent to an activating group) is 1. The molecule has 2 N–H and O–H groups in total. The lowest BCUT2D eigenvalue weighted by atomic mass is 10.1. The van der Waals surface area contributed by atoms with E-state index in [-0.39, 0.29) is 11.6 Å². The van der Waals surface area contributed by atoms with E-state index in [1.165, 1.54) is 12.1 Å². The molecular weight excluding hydrogens is 255 g/mol. The van der Waals surface area contributed by atoms with Crippen molar-refractivity contribution in [1.82, 2.24) is 4.90 Å². The van der Waals surface area contributed by atoms with Gasteiger partial charge in [0, 0.05) is 19.2 Å². The largest absolute Gasteiger partial charge is 0.396 e. The van der Waals surface area contributed by atoms with Gasteiger partial charge in [-0.15, -0.1) is 0 Å². The summed E-state index contributed by atoms with van der Waals surface area (Å²) in [7, 11) is 1.71. The summed E-state index contributed by atoms with van der Waals surface area (Å²) in [4.78, 5) is 13.7. The Hall–Kier alpha value is -2.36. The lowest BCUT2D eigenvalue weighted by Crippen LogP contribution is -2.28. The number of carbonyl (C=O) groups excluding carboxylic acids is 1. The molecule has 0 bridgehead atoms. The van der Waals surface area contributed by atoms with Crippen LogP contribution in [-0.4, -0.2) is 24.4 Å². The molecule has 4 heteroatoms. The molecule has 2 aromatic carbocycles. The van der Waals surface area contributed by atoms with E-state index in [2.05, 4.69) is 0 Å². The smallest absolute Gasteiger partial charge is 0.253 e. The highest BCUT2D eigenvalue weighted by Crippen LogP contribution is 2.13. The molecule has 0 aromatic heterocycles. The molecule has 0 saturated carbocycles. The van der Waals surface area contributed by atoms with Gasteiger partial charge in [0.15, 0.2) is 0 Å². The minimum Gasteiger partial charge on any atom is -0.396 e. The van der Waals surface area contributed by atoms with Crippen molar-refractivity contribution in [3.05, 3.63) is 65.5 Å². The first-order chi connectivity index (χ1) is 9.58. The van der Waals surface area contributed by atoms with E-state index in [0.29, 0.717) is 12.1 Å². The third kappa shape index (κ3) is 3.35. The molecule has 104 valence electrons. The summed E-state index contributed by atoms with van der Waals surface area (Å²) in [5.41, 5.74) is 6.92. The molecule has 0 atom stereocenters. The lowest BCUT2D eigenvalue weighted by molar-refractivity contribution is 0.0796. The molecule has 0 aliphatic carbocycles. The van der Waals surface area contributed by atoms with E-state index in [9.17, 15) is 9.18 Å². The van der Waals surface area contributed by atoms with Crippen LogP contribution in [0.1, 0.15) is 15.9 Å². The summed E-state index contributed by atoms with van der Waals surface area (Å²) < 4.78 is 13.4.